The first-order chi connectivity index (χ1) is 11.6. The summed E-state index contributed by atoms with van der Waals surface area (Å²) in [7, 11) is -6.88. The van der Waals surface area contributed by atoms with Crippen LogP contribution < -0.4 is 4.72 Å². The zero-order valence-corrected chi connectivity index (χ0v) is 16.0. The van der Waals surface area contributed by atoms with Crippen LogP contribution in [-0.2, 0) is 19.9 Å². The van der Waals surface area contributed by atoms with Gasteiger partial charge in [-0.15, -0.1) is 0 Å². The molecule has 0 unspecified atom stereocenters. The van der Waals surface area contributed by atoms with E-state index in [2.05, 4.69) is 9.82 Å². The molecule has 0 bridgehead atoms. The van der Waals surface area contributed by atoms with Crippen LogP contribution in [0.5, 0.6) is 0 Å². The Hall–Kier alpha value is -1.87. The van der Waals surface area contributed by atoms with Crippen LogP contribution in [0, 0.1) is 20.8 Å². The molecule has 1 aromatic carbocycles. The summed E-state index contributed by atoms with van der Waals surface area (Å²) in [6.07, 6.45) is 0.432. The average molecular weight is 383 g/mol. The highest BCUT2D eigenvalue weighted by atomic mass is 32.2. The van der Waals surface area contributed by atoms with E-state index in [-0.39, 0.29) is 28.3 Å². The molecule has 1 atom stereocenters. The third kappa shape index (κ3) is 3.72. The monoisotopic (exact) mass is 383 g/mol. The first-order valence-electron chi connectivity index (χ1n) is 7.94. The summed E-state index contributed by atoms with van der Waals surface area (Å²) in [6.45, 7) is 5.51. The van der Waals surface area contributed by atoms with Crippen molar-refractivity contribution in [1.29, 1.82) is 0 Å². The fourth-order valence-corrected chi connectivity index (χ4v) is 5.73. The Morgan fingerprint density at radius 1 is 1.16 bits per heavy atom. The van der Waals surface area contributed by atoms with Crippen LogP contribution in [0.15, 0.2) is 29.2 Å². The Balaban J connectivity index is 1.94. The average Bonchev–Trinajstić information content (AvgIpc) is 3.03. The maximum absolute atomic E-state index is 12.7. The van der Waals surface area contributed by atoms with Crippen molar-refractivity contribution in [3.05, 3.63) is 41.1 Å². The molecule has 0 spiro atoms. The summed E-state index contributed by atoms with van der Waals surface area (Å²) < 4.78 is 52.9. The molecule has 136 valence electrons. The normalized spacial score (nSPS) is 19.9. The van der Waals surface area contributed by atoms with Crippen molar-refractivity contribution in [1.82, 2.24) is 9.78 Å². The van der Waals surface area contributed by atoms with Crippen molar-refractivity contribution in [2.24, 2.45) is 0 Å². The van der Waals surface area contributed by atoms with Gasteiger partial charge >= 0.3 is 0 Å². The summed E-state index contributed by atoms with van der Waals surface area (Å²) in [5.41, 5.74) is 2.52. The number of nitrogens with zero attached hydrogens (tertiary/aromatic N) is 2. The SMILES string of the molecule is Cc1cc(NS(=O)(=O)c2ccc(C)c(C)c2)n([C@H]2CCS(=O)(=O)C2)n1. The number of sulfonamides is 1. The number of sulfone groups is 1. The molecular formula is C16H21N3O4S2. The van der Waals surface area contributed by atoms with Crippen LogP contribution in [0.3, 0.4) is 0 Å². The van der Waals surface area contributed by atoms with Gasteiger partial charge in [0.15, 0.2) is 9.84 Å². The van der Waals surface area contributed by atoms with E-state index < -0.39 is 19.9 Å². The van der Waals surface area contributed by atoms with Gasteiger partial charge in [0, 0.05) is 6.07 Å². The fraction of sp³-hybridized carbons (Fsp3) is 0.438. The van der Waals surface area contributed by atoms with Crippen molar-refractivity contribution in [3.63, 3.8) is 0 Å². The Morgan fingerprint density at radius 3 is 2.48 bits per heavy atom. The third-order valence-electron chi connectivity index (χ3n) is 4.44. The highest BCUT2D eigenvalue weighted by molar-refractivity contribution is 7.92. The molecule has 9 heteroatoms. The minimum atomic E-state index is -3.78. The lowest BCUT2D eigenvalue weighted by Crippen LogP contribution is -2.20. The van der Waals surface area contributed by atoms with Crippen LogP contribution in [0.2, 0.25) is 0 Å². The van der Waals surface area contributed by atoms with E-state index in [4.69, 9.17) is 0 Å². The molecule has 0 aliphatic carbocycles. The van der Waals surface area contributed by atoms with Crippen molar-refractivity contribution < 1.29 is 16.8 Å². The van der Waals surface area contributed by atoms with Crippen molar-refractivity contribution in [2.45, 2.75) is 38.1 Å². The minimum Gasteiger partial charge on any atom is -0.264 e. The smallest absolute Gasteiger partial charge is 0.263 e. The maximum atomic E-state index is 12.7. The second-order valence-electron chi connectivity index (χ2n) is 6.52. The van der Waals surface area contributed by atoms with Crippen molar-refractivity contribution in [2.75, 3.05) is 16.2 Å². The number of benzene rings is 1. The summed E-state index contributed by atoms with van der Waals surface area (Å²) in [5, 5.41) is 4.29. The Kier molecular flexibility index (Phi) is 4.40. The molecular weight excluding hydrogens is 362 g/mol. The number of nitrogens with one attached hydrogen (secondary N) is 1. The molecule has 0 radical (unpaired) electrons. The van der Waals surface area contributed by atoms with E-state index in [9.17, 15) is 16.8 Å². The number of anilines is 1. The third-order valence-corrected chi connectivity index (χ3v) is 7.54. The fourth-order valence-electron chi connectivity index (χ4n) is 2.92. The molecule has 1 N–H and O–H groups in total. The molecule has 3 rings (SSSR count). The molecule has 7 nitrogen and oxygen atoms in total. The Morgan fingerprint density at radius 2 is 1.88 bits per heavy atom. The van der Waals surface area contributed by atoms with E-state index in [0.29, 0.717) is 12.1 Å². The van der Waals surface area contributed by atoms with Crippen molar-refractivity contribution >= 4 is 25.7 Å². The quantitative estimate of drug-likeness (QED) is 0.870. The second kappa shape index (κ2) is 6.14. The summed E-state index contributed by atoms with van der Waals surface area (Å²) >= 11 is 0. The van der Waals surface area contributed by atoms with E-state index in [1.165, 1.54) is 4.68 Å². The Bertz CT molecular complexity index is 1020. The predicted molar refractivity (Wildman–Crippen MR) is 96.0 cm³/mol. The first-order valence-corrected chi connectivity index (χ1v) is 11.2. The number of hydrogen-bond acceptors (Lipinski definition) is 5. The van der Waals surface area contributed by atoms with Crippen LogP contribution in [-0.4, -0.2) is 38.1 Å². The van der Waals surface area contributed by atoms with Gasteiger partial charge in [-0.3, -0.25) is 4.72 Å². The molecule has 0 amide bonds. The zero-order valence-electron chi connectivity index (χ0n) is 14.4. The minimum absolute atomic E-state index is 0.0213. The van der Waals surface area contributed by atoms with Crippen LogP contribution in [0.1, 0.15) is 29.3 Å². The molecule has 1 aliphatic rings. The van der Waals surface area contributed by atoms with Gasteiger partial charge in [0.05, 0.1) is 28.1 Å². The van der Waals surface area contributed by atoms with E-state index in [1.54, 1.807) is 31.2 Å². The Labute approximate surface area is 148 Å². The molecule has 2 aromatic rings. The van der Waals surface area contributed by atoms with Crippen LogP contribution >= 0.6 is 0 Å². The van der Waals surface area contributed by atoms with Gasteiger partial charge in [0.2, 0.25) is 0 Å². The van der Waals surface area contributed by atoms with Gasteiger partial charge < -0.3 is 0 Å². The summed E-state index contributed by atoms with van der Waals surface area (Å²) in [6, 6.07) is 6.19. The number of aryl methyl sites for hydroxylation is 3. The molecule has 1 fully saturated rings. The molecule has 1 aliphatic heterocycles. The number of hydrogen-bond donors (Lipinski definition) is 1. The first kappa shape index (κ1) is 17.9. The topological polar surface area (TPSA) is 98.1 Å². The van der Waals surface area contributed by atoms with E-state index in [1.807, 2.05) is 13.8 Å². The molecule has 2 heterocycles. The van der Waals surface area contributed by atoms with E-state index in [0.717, 1.165) is 11.1 Å². The molecule has 25 heavy (non-hydrogen) atoms. The van der Waals surface area contributed by atoms with Crippen molar-refractivity contribution in [3.8, 4) is 0 Å². The lowest BCUT2D eigenvalue weighted by Gasteiger charge is -2.15. The highest BCUT2D eigenvalue weighted by Crippen LogP contribution is 2.28. The highest BCUT2D eigenvalue weighted by Gasteiger charge is 2.32. The summed E-state index contributed by atoms with van der Waals surface area (Å²) in [5.74, 6) is 0.365. The maximum Gasteiger partial charge on any atom is 0.263 e. The standard InChI is InChI=1S/C16H21N3O4S2/c1-11-4-5-15(8-12(11)2)25(22,23)18-16-9-13(3)17-19(16)14-6-7-24(20,21)10-14/h4-5,8-9,14,18H,6-7,10H2,1-3H3/t14-/m0/s1. The van der Waals surface area contributed by atoms with E-state index >= 15 is 0 Å². The second-order valence-corrected chi connectivity index (χ2v) is 10.4. The van der Waals surface area contributed by atoms with Gasteiger partial charge in [0.1, 0.15) is 5.82 Å². The zero-order chi connectivity index (χ0) is 18.4. The lowest BCUT2D eigenvalue weighted by molar-refractivity contribution is 0.503. The summed E-state index contributed by atoms with van der Waals surface area (Å²) in [4.78, 5) is 0.167. The number of aromatic nitrogens is 2. The lowest BCUT2D eigenvalue weighted by atomic mass is 10.1. The van der Waals surface area contributed by atoms with Gasteiger partial charge in [-0.2, -0.15) is 5.10 Å². The largest absolute Gasteiger partial charge is 0.264 e. The van der Waals surface area contributed by atoms with Gasteiger partial charge in [-0.1, -0.05) is 6.07 Å². The number of rotatable bonds is 4. The van der Waals surface area contributed by atoms with Crippen LogP contribution in [0.4, 0.5) is 5.82 Å². The molecule has 0 saturated carbocycles. The van der Waals surface area contributed by atoms with Crippen LogP contribution in [0.25, 0.3) is 0 Å². The van der Waals surface area contributed by atoms with Gasteiger partial charge in [-0.25, -0.2) is 21.5 Å². The van der Waals surface area contributed by atoms with Gasteiger partial charge in [0.25, 0.3) is 10.0 Å². The molecule has 1 aromatic heterocycles. The molecule has 1 saturated heterocycles. The predicted octanol–water partition coefficient (Wildman–Crippen LogP) is 1.97. The van der Waals surface area contributed by atoms with Gasteiger partial charge in [-0.05, 0) is 50.5 Å².